The molecule has 5 aromatic rings. The van der Waals surface area contributed by atoms with Gasteiger partial charge in [0, 0.05) is 24.3 Å². The predicted molar refractivity (Wildman–Crippen MR) is 247 cm³/mol. The number of imidazole rings is 2. The van der Waals surface area contributed by atoms with Gasteiger partial charge in [0.05, 0.1) is 54.4 Å². The van der Waals surface area contributed by atoms with E-state index in [0.717, 1.165) is 42.3 Å². The van der Waals surface area contributed by atoms with E-state index in [1.807, 2.05) is 71.0 Å². The molecule has 0 radical (unpaired) electrons. The Kier molecular flexibility index (Phi) is 13.5. The number of hydrogen-bond acceptors (Lipinski definition) is 9. The fraction of sp³-hybridized carbons (Fsp3) is 0.510. The molecule has 2 aliphatic heterocycles. The van der Waals surface area contributed by atoms with E-state index in [-0.39, 0.29) is 53.3 Å². The molecule has 4 N–H and O–H groups in total. The molecule has 2 aromatic heterocycles. The molecule has 17 heteroatoms. The molecule has 352 valence electrons. The molecule has 5 atom stereocenters. The summed E-state index contributed by atoms with van der Waals surface area (Å²) in [5.41, 5.74) is 5.21. The quantitative estimate of drug-likeness (QED) is 0.0797. The van der Waals surface area contributed by atoms with E-state index in [9.17, 15) is 19.2 Å². The van der Waals surface area contributed by atoms with Crippen LogP contribution in [0.4, 0.5) is 30.0 Å². The van der Waals surface area contributed by atoms with Crippen molar-refractivity contribution in [3.05, 3.63) is 82.7 Å². The van der Waals surface area contributed by atoms with E-state index < -0.39 is 35.9 Å². The third kappa shape index (κ3) is 9.25. The highest BCUT2D eigenvalue weighted by atomic mass is 19.1. The average molecular weight is 910 g/mol. The first-order chi connectivity index (χ1) is 31.7. The molecule has 2 saturated heterocycles. The molecule has 0 bridgehead atoms. The summed E-state index contributed by atoms with van der Waals surface area (Å²) >= 11 is 0. The van der Waals surface area contributed by atoms with Crippen LogP contribution in [-0.4, -0.2) is 88.2 Å². The molecule has 0 unspecified atom stereocenters. The Labute approximate surface area is 383 Å². The summed E-state index contributed by atoms with van der Waals surface area (Å²) in [5, 5.41) is 5.39. The maximum Gasteiger partial charge on any atom is 0.407 e. The monoisotopic (exact) mass is 909 g/mol. The highest BCUT2D eigenvalue weighted by Crippen LogP contribution is 2.50. The van der Waals surface area contributed by atoms with Gasteiger partial charge in [-0.1, -0.05) is 53.2 Å². The van der Waals surface area contributed by atoms with Crippen molar-refractivity contribution in [2.75, 3.05) is 37.1 Å². The Bertz CT molecular complexity index is 2590. The second-order valence-electron chi connectivity index (χ2n) is 18.6. The normalized spacial score (nSPS) is 19.5. The lowest BCUT2D eigenvalue weighted by Gasteiger charge is -2.33. The maximum atomic E-state index is 16.0. The zero-order valence-corrected chi connectivity index (χ0v) is 38.8. The number of rotatable bonds is 15. The summed E-state index contributed by atoms with van der Waals surface area (Å²) in [4.78, 5) is 74.5. The first kappa shape index (κ1) is 46.3. The van der Waals surface area contributed by atoms with Gasteiger partial charge in [0.25, 0.3) is 5.91 Å². The van der Waals surface area contributed by atoms with Gasteiger partial charge in [0.2, 0.25) is 11.9 Å². The van der Waals surface area contributed by atoms with Crippen LogP contribution < -0.4 is 20.4 Å². The zero-order chi connectivity index (χ0) is 47.0. The number of anilines is 2. The Balaban J connectivity index is 1.12. The molecule has 8 rings (SSSR count). The van der Waals surface area contributed by atoms with E-state index in [1.165, 1.54) is 26.4 Å². The van der Waals surface area contributed by atoms with Gasteiger partial charge in [-0.05, 0) is 110 Å². The SMILES string of the molecule is CCCCN(C(=O)[C@@H](NC(=O)OC)C(C)C)c1nc2cc([C@H]3CC[C@H](c4ccc5[nH]c([C@@H]6CCCN6C(=O)[C@@H](NC(=O)OC)C(C)C)nc5c4)N3c3cc(F)c(C4CC4)c(F)c3)ccc2[nH]1. The van der Waals surface area contributed by atoms with Gasteiger partial charge in [-0.25, -0.2) is 28.3 Å². The van der Waals surface area contributed by atoms with Crippen molar-refractivity contribution < 1.29 is 37.4 Å². The Morgan fingerprint density at radius 2 is 1.35 bits per heavy atom. The number of amides is 4. The van der Waals surface area contributed by atoms with Gasteiger partial charge in [0.1, 0.15) is 29.5 Å². The van der Waals surface area contributed by atoms with Crippen molar-refractivity contribution in [1.82, 2.24) is 35.5 Å². The van der Waals surface area contributed by atoms with Crippen molar-refractivity contribution in [3.8, 4) is 0 Å². The minimum Gasteiger partial charge on any atom is -0.453 e. The number of aromatic amines is 2. The number of hydrogen-bond donors (Lipinski definition) is 4. The largest absolute Gasteiger partial charge is 0.453 e. The molecule has 4 heterocycles. The van der Waals surface area contributed by atoms with Crippen molar-refractivity contribution in [2.45, 2.75) is 122 Å². The van der Waals surface area contributed by atoms with Crippen LogP contribution in [0.25, 0.3) is 22.1 Å². The fourth-order valence-electron chi connectivity index (χ4n) is 9.76. The molecular formula is C49H61F2N9O6. The van der Waals surface area contributed by atoms with E-state index in [4.69, 9.17) is 19.4 Å². The molecule has 3 fully saturated rings. The zero-order valence-electron chi connectivity index (χ0n) is 38.8. The summed E-state index contributed by atoms with van der Waals surface area (Å²) < 4.78 is 41.5. The average Bonchev–Trinajstić information content (AvgIpc) is 3.66. The van der Waals surface area contributed by atoms with Crippen molar-refractivity contribution in [1.29, 1.82) is 0 Å². The van der Waals surface area contributed by atoms with Crippen LogP contribution >= 0.6 is 0 Å². The number of carbonyl (C=O) groups excluding carboxylic acids is 4. The fourth-order valence-corrected chi connectivity index (χ4v) is 9.76. The number of nitrogens with zero attached hydrogens (tertiary/aromatic N) is 5. The minimum absolute atomic E-state index is 0.112. The van der Waals surface area contributed by atoms with E-state index >= 15 is 8.78 Å². The van der Waals surface area contributed by atoms with Crippen LogP contribution in [0.5, 0.6) is 0 Å². The standard InChI is InChI=1S/C49H61F2N9O6/c1-8-9-20-59(46(62)43(27(4)5)57-49(64)66-7)47-54-35-17-15-30(23-37(35)55-47)39-19-18-38(60(39)31-24-32(50)41(28-12-13-28)33(51)25-31)29-14-16-34-36(22-29)53-44(52-34)40-11-10-21-58(40)45(61)42(26(2)3)56-48(63)65-6/h14-17,22-28,38-40,42-43H,8-13,18-21H2,1-7H3,(H,52,53)(H,54,55)(H,56,63)(H,57,64)/t38-,39-,40+,42+,43+/m1/s1. The Hall–Kier alpha value is -6.26. The number of H-pyrrole nitrogens is 2. The third-order valence-corrected chi connectivity index (χ3v) is 13.4. The van der Waals surface area contributed by atoms with E-state index in [0.29, 0.717) is 72.8 Å². The van der Waals surface area contributed by atoms with Gasteiger partial charge >= 0.3 is 12.2 Å². The highest BCUT2D eigenvalue weighted by Gasteiger charge is 2.40. The first-order valence-electron chi connectivity index (χ1n) is 23.3. The first-order valence-corrected chi connectivity index (χ1v) is 23.3. The molecule has 3 aromatic carbocycles. The number of likely N-dealkylation sites (tertiary alicyclic amines) is 1. The summed E-state index contributed by atoms with van der Waals surface area (Å²) in [6.45, 7) is 10.4. The van der Waals surface area contributed by atoms with E-state index in [2.05, 4.69) is 25.5 Å². The van der Waals surface area contributed by atoms with Gasteiger partial charge in [-0.3, -0.25) is 14.5 Å². The lowest BCUT2D eigenvalue weighted by atomic mass is 10.0. The number of alkyl carbamates (subject to hydrolysis) is 2. The summed E-state index contributed by atoms with van der Waals surface area (Å²) in [6, 6.07) is 12.3. The van der Waals surface area contributed by atoms with Crippen LogP contribution in [0.15, 0.2) is 48.5 Å². The van der Waals surface area contributed by atoms with Crippen molar-refractivity contribution in [2.24, 2.45) is 11.8 Å². The summed E-state index contributed by atoms with van der Waals surface area (Å²) in [6.07, 6.45) is 4.51. The topological polar surface area (TPSA) is 178 Å². The number of carbonyl (C=O) groups is 4. The number of aromatic nitrogens is 4. The van der Waals surface area contributed by atoms with E-state index in [1.54, 1.807) is 9.80 Å². The number of nitrogens with one attached hydrogen (secondary N) is 4. The van der Waals surface area contributed by atoms with Gasteiger partial charge in [-0.2, -0.15) is 0 Å². The number of benzene rings is 3. The lowest BCUT2D eigenvalue weighted by molar-refractivity contribution is -0.135. The van der Waals surface area contributed by atoms with Gasteiger partial charge < -0.3 is 39.9 Å². The number of methoxy groups -OCH3 is 2. The number of unbranched alkanes of at least 4 members (excludes halogenated alkanes) is 1. The van der Waals surface area contributed by atoms with Crippen LogP contribution in [0.2, 0.25) is 0 Å². The van der Waals surface area contributed by atoms with Crippen LogP contribution in [0.1, 0.15) is 133 Å². The van der Waals surface area contributed by atoms with Crippen LogP contribution in [0.3, 0.4) is 0 Å². The summed E-state index contributed by atoms with van der Waals surface area (Å²) in [7, 11) is 2.53. The second kappa shape index (κ2) is 19.3. The molecular weight excluding hydrogens is 849 g/mol. The Morgan fingerprint density at radius 3 is 1.91 bits per heavy atom. The minimum atomic E-state index is -0.845. The Morgan fingerprint density at radius 1 is 0.773 bits per heavy atom. The molecule has 15 nitrogen and oxygen atoms in total. The smallest absolute Gasteiger partial charge is 0.407 e. The summed E-state index contributed by atoms with van der Waals surface area (Å²) in [5.74, 6) is -1.11. The molecule has 66 heavy (non-hydrogen) atoms. The number of ether oxygens (including phenoxy) is 2. The van der Waals surface area contributed by atoms with Gasteiger partial charge in [0.15, 0.2) is 0 Å². The number of halogens is 2. The van der Waals surface area contributed by atoms with Crippen LogP contribution in [0, 0.1) is 23.5 Å². The highest BCUT2D eigenvalue weighted by molar-refractivity contribution is 5.98. The molecule has 4 amide bonds. The predicted octanol–water partition coefficient (Wildman–Crippen LogP) is 9.24. The number of fused-ring (bicyclic) bond motifs is 2. The molecule has 0 spiro atoms. The molecule has 3 aliphatic rings. The third-order valence-electron chi connectivity index (χ3n) is 13.4. The molecule has 1 aliphatic carbocycles. The lowest BCUT2D eigenvalue weighted by Crippen LogP contribution is -2.52. The molecule has 1 saturated carbocycles. The van der Waals surface area contributed by atoms with Crippen LogP contribution in [-0.2, 0) is 19.1 Å². The maximum absolute atomic E-state index is 16.0. The second-order valence-corrected chi connectivity index (χ2v) is 18.6. The van der Waals surface area contributed by atoms with Crippen molar-refractivity contribution in [3.63, 3.8) is 0 Å². The van der Waals surface area contributed by atoms with Crippen molar-refractivity contribution >= 4 is 57.7 Å². The van der Waals surface area contributed by atoms with Gasteiger partial charge in [-0.15, -0.1) is 0 Å².